The van der Waals surface area contributed by atoms with Crippen molar-refractivity contribution in [2.75, 3.05) is 0 Å². The molecule has 1 nitrogen and oxygen atoms in total. The molecule has 0 spiro atoms. The van der Waals surface area contributed by atoms with Gasteiger partial charge in [-0.1, -0.05) is 56.5 Å². The molecule has 0 heterocycles. The molecule has 1 unspecified atom stereocenters. The summed E-state index contributed by atoms with van der Waals surface area (Å²) < 4.78 is 0. The van der Waals surface area contributed by atoms with Gasteiger partial charge in [0.05, 0.1) is 0 Å². The zero-order valence-corrected chi connectivity index (χ0v) is 11.1. The summed E-state index contributed by atoms with van der Waals surface area (Å²) in [6.45, 7) is 8.79. The zero-order chi connectivity index (χ0) is 12.2. The molecule has 0 aliphatic carbocycles. The number of aryl methyl sites for hydroxylation is 1. The van der Waals surface area contributed by atoms with E-state index >= 15 is 0 Å². The maximum atomic E-state index is 6.39. The predicted molar refractivity (Wildman–Crippen MR) is 71.4 cm³/mol. The van der Waals surface area contributed by atoms with Gasteiger partial charge in [0, 0.05) is 5.54 Å². The number of hydrogen-bond donors (Lipinski definition) is 1. The first kappa shape index (κ1) is 13.2. The smallest absolute Gasteiger partial charge is 0.0381 e. The van der Waals surface area contributed by atoms with Crippen LogP contribution in [0.2, 0.25) is 0 Å². The molecule has 0 amide bonds. The second-order valence-electron chi connectivity index (χ2n) is 5.57. The maximum Gasteiger partial charge on any atom is 0.0381 e. The summed E-state index contributed by atoms with van der Waals surface area (Å²) in [5, 5.41) is 0. The van der Waals surface area contributed by atoms with E-state index in [1.165, 1.54) is 24.0 Å². The lowest BCUT2D eigenvalue weighted by molar-refractivity contribution is 0.406. The van der Waals surface area contributed by atoms with Gasteiger partial charge in [-0.25, -0.2) is 0 Å². The third kappa shape index (κ3) is 3.97. The highest BCUT2D eigenvalue weighted by Crippen LogP contribution is 2.25. The van der Waals surface area contributed by atoms with E-state index < -0.39 is 0 Å². The van der Waals surface area contributed by atoms with Crippen LogP contribution in [0, 0.1) is 12.8 Å². The van der Waals surface area contributed by atoms with Crippen molar-refractivity contribution in [1.82, 2.24) is 0 Å². The lowest BCUT2D eigenvalue weighted by atomic mass is 9.86. The highest BCUT2D eigenvalue weighted by molar-refractivity contribution is 5.27. The third-order valence-electron chi connectivity index (χ3n) is 3.16. The van der Waals surface area contributed by atoms with E-state index in [0.717, 1.165) is 12.3 Å². The van der Waals surface area contributed by atoms with Crippen LogP contribution in [0.5, 0.6) is 0 Å². The first-order valence-electron chi connectivity index (χ1n) is 6.28. The minimum atomic E-state index is -0.180. The van der Waals surface area contributed by atoms with Gasteiger partial charge in [0.1, 0.15) is 0 Å². The molecule has 16 heavy (non-hydrogen) atoms. The number of benzene rings is 1. The third-order valence-corrected chi connectivity index (χ3v) is 3.16. The van der Waals surface area contributed by atoms with Gasteiger partial charge >= 0.3 is 0 Å². The maximum absolute atomic E-state index is 6.39. The average Bonchev–Trinajstić information content (AvgIpc) is 2.16. The predicted octanol–water partition coefficient (Wildman–Crippen LogP) is 4.00. The van der Waals surface area contributed by atoms with Crippen LogP contribution in [0.25, 0.3) is 0 Å². The van der Waals surface area contributed by atoms with E-state index in [9.17, 15) is 0 Å². The molecule has 0 fully saturated rings. The van der Waals surface area contributed by atoms with Crippen molar-refractivity contribution in [3.63, 3.8) is 0 Å². The monoisotopic (exact) mass is 219 g/mol. The minimum Gasteiger partial charge on any atom is -0.322 e. The molecule has 0 aromatic heterocycles. The van der Waals surface area contributed by atoms with Crippen LogP contribution in [0.3, 0.4) is 0 Å². The summed E-state index contributed by atoms with van der Waals surface area (Å²) in [4.78, 5) is 0. The zero-order valence-electron chi connectivity index (χ0n) is 11.1. The molecule has 0 saturated heterocycles. The van der Waals surface area contributed by atoms with E-state index in [4.69, 9.17) is 5.73 Å². The first-order chi connectivity index (χ1) is 7.42. The van der Waals surface area contributed by atoms with Crippen molar-refractivity contribution < 1.29 is 0 Å². The van der Waals surface area contributed by atoms with Gasteiger partial charge in [-0.2, -0.15) is 0 Å². The fraction of sp³-hybridized carbons (Fsp3) is 0.600. The van der Waals surface area contributed by atoms with Gasteiger partial charge in [-0.05, 0) is 31.7 Å². The van der Waals surface area contributed by atoms with Crippen LogP contribution in [-0.4, -0.2) is 0 Å². The summed E-state index contributed by atoms with van der Waals surface area (Å²) in [5.74, 6) is 0.772. The second-order valence-corrected chi connectivity index (χ2v) is 5.57. The molecule has 1 atom stereocenters. The summed E-state index contributed by atoms with van der Waals surface area (Å²) in [6, 6.07) is 8.56. The van der Waals surface area contributed by atoms with Gasteiger partial charge in [-0.3, -0.25) is 0 Å². The molecule has 1 aromatic rings. The molecule has 2 N–H and O–H groups in total. The standard InChI is InChI=1S/C15H25N/c1-12(2)7-6-10-15(4,16)14-9-5-8-13(3)11-14/h5,8-9,11-12H,6-7,10,16H2,1-4H3. The Hall–Kier alpha value is -0.820. The van der Waals surface area contributed by atoms with Crippen LogP contribution in [-0.2, 0) is 5.54 Å². The Balaban J connectivity index is 2.62. The van der Waals surface area contributed by atoms with E-state index in [1.807, 2.05) is 0 Å². The van der Waals surface area contributed by atoms with Crippen LogP contribution in [0.1, 0.15) is 51.2 Å². The largest absolute Gasteiger partial charge is 0.322 e. The molecular formula is C15H25N. The average molecular weight is 219 g/mol. The van der Waals surface area contributed by atoms with Gasteiger partial charge in [0.25, 0.3) is 0 Å². The van der Waals surface area contributed by atoms with Crippen molar-refractivity contribution in [3.05, 3.63) is 35.4 Å². The van der Waals surface area contributed by atoms with Crippen LogP contribution < -0.4 is 5.73 Å². The summed E-state index contributed by atoms with van der Waals surface area (Å²) in [7, 11) is 0. The van der Waals surface area contributed by atoms with Crippen molar-refractivity contribution in [3.8, 4) is 0 Å². The Morgan fingerprint density at radius 3 is 2.56 bits per heavy atom. The Morgan fingerprint density at radius 1 is 1.31 bits per heavy atom. The van der Waals surface area contributed by atoms with E-state index in [0.29, 0.717) is 0 Å². The van der Waals surface area contributed by atoms with Crippen LogP contribution in [0.15, 0.2) is 24.3 Å². The lowest BCUT2D eigenvalue weighted by Gasteiger charge is -2.26. The second kappa shape index (κ2) is 5.49. The fourth-order valence-corrected chi connectivity index (χ4v) is 2.02. The van der Waals surface area contributed by atoms with Gasteiger partial charge in [0.15, 0.2) is 0 Å². The molecule has 0 saturated carbocycles. The lowest BCUT2D eigenvalue weighted by Crippen LogP contribution is -2.33. The Bertz CT molecular complexity index is 326. The minimum absolute atomic E-state index is 0.180. The molecule has 0 bridgehead atoms. The summed E-state index contributed by atoms with van der Waals surface area (Å²) >= 11 is 0. The Morgan fingerprint density at radius 2 is 2.00 bits per heavy atom. The normalized spacial score (nSPS) is 15.1. The number of rotatable bonds is 5. The SMILES string of the molecule is Cc1cccc(C(C)(N)CCCC(C)C)c1. The molecule has 0 aliphatic rings. The van der Waals surface area contributed by atoms with Crippen LogP contribution >= 0.6 is 0 Å². The molecule has 1 rings (SSSR count). The number of nitrogens with two attached hydrogens (primary N) is 1. The van der Waals surface area contributed by atoms with Crippen molar-refractivity contribution in [2.45, 2.75) is 52.5 Å². The molecule has 1 heteroatoms. The Labute approximate surface area is 100 Å². The summed E-state index contributed by atoms with van der Waals surface area (Å²) in [5.41, 5.74) is 8.76. The fourth-order valence-electron chi connectivity index (χ4n) is 2.02. The van der Waals surface area contributed by atoms with Crippen LogP contribution in [0.4, 0.5) is 0 Å². The van der Waals surface area contributed by atoms with Crippen molar-refractivity contribution in [2.24, 2.45) is 11.7 Å². The van der Waals surface area contributed by atoms with Gasteiger partial charge < -0.3 is 5.73 Å². The highest BCUT2D eigenvalue weighted by atomic mass is 14.7. The molecule has 0 radical (unpaired) electrons. The van der Waals surface area contributed by atoms with Crippen molar-refractivity contribution in [1.29, 1.82) is 0 Å². The Kier molecular flexibility index (Phi) is 4.55. The molecule has 0 aliphatic heterocycles. The van der Waals surface area contributed by atoms with Gasteiger partial charge in [0.2, 0.25) is 0 Å². The quantitative estimate of drug-likeness (QED) is 0.796. The van der Waals surface area contributed by atoms with E-state index in [2.05, 4.69) is 52.0 Å². The highest BCUT2D eigenvalue weighted by Gasteiger charge is 2.20. The van der Waals surface area contributed by atoms with Gasteiger partial charge in [-0.15, -0.1) is 0 Å². The van der Waals surface area contributed by atoms with Crippen molar-refractivity contribution >= 4 is 0 Å². The molecule has 1 aromatic carbocycles. The first-order valence-corrected chi connectivity index (χ1v) is 6.28. The van der Waals surface area contributed by atoms with E-state index in [1.54, 1.807) is 0 Å². The topological polar surface area (TPSA) is 26.0 Å². The van der Waals surface area contributed by atoms with E-state index in [-0.39, 0.29) is 5.54 Å². The number of hydrogen-bond acceptors (Lipinski definition) is 1. The molecular weight excluding hydrogens is 194 g/mol. The summed E-state index contributed by atoms with van der Waals surface area (Å²) in [6.07, 6.45) is 3.53. The molecule has 90 valence electrons.